The molecule has 118 valence electrons. The molecular weight excluding hydrogens is 284 g/mol. The lowest BCUT2D eigenvalue weighted by Gasteiger charge is -2.23. The standard InChI is InChI=1S/C16H20N2O4/c1-10(19)11-6-13(17(2)7-11)14(20)18-8-12-4-3-5-16(12,9-18)15(21)22/h6-7,12H,3-5,8-9H2,1-2H3,(H,21,22)/t12-,16+/m0/s1. The average molecular weight is 304 g/mol. The number of fused-ring (bicyclic) bond motifs is 1. The molecule has 2 heterocycles. The van der Waals surface area contributed by atoms with E-state index >= 15 is 0 Å². The lowest BCUT2D eigenvalue weighted by molar-refractivity contribution is -0.149. The third-order valence-electron chi connectivity index (χ3n) is 5.21. The molecule has 1 N–H and O–H groups in total. The Bertz CT molecular complexity index is 663. The summed E-state index contributed by atoms with van der Waals surface area (Å²) < 4.78 is 1.64. The molecule has 1 aliphatic carbocycles. The fraction of sp³-hybridized carbons (Fsp3) is 0.562. The molecule has 1 amide bonds. The van der Waals surface area contributed by atoms with E-state index in [1.807, 2.05) is 0 Å². The summed E-state index contributed by atoms with van der Waals surface area (Å²) >= 11 is 0. The number of carboxylic acid groups (broad SMARTS) is 1. The van der Waals surface area contributed by atoms with Crippen LogP contribution in [0.25, 0.3) is 0 Å². The van der Waals surface area contributed by atoms with Crippen LogP contribution in [0.15, 0.2) is 12.3 Å². The van der Waals surface area contributed by atoms with Crippen molar-refractivity contribution < 1.29 is 19.5 Å². The maximum Gasteiger partial charge on any atom is 0.311 e. The summed E-state index contributed by atoms with van der Waals surface area (Å²) in [6, 6.07) is 1.59. The van der Waals surface area contributed by atoms with Gasteiger partial charge in [0.15, 0.2) is 5.78 Å². The van der Waals surface area contributed by atoms with E-state index in [-0.39, 0.29) is 24.2 Å². The number of amides is 1. The predicted molar refractivity (Wildman–Crippen MR) is 78.7 cm³/mol. The normalized spacial score (nSPS) is 27.0. The Hall–Kier alpha value is -2.11. The van der Waals surface area contributed by atoms with E-state index < -0.39 is 11.4 Å². The van der Waals surface area contributed by atoms with Gasteiger partial charge in [0, 0.05) is 31.9 Å². The van der Waals surface area contributed by atoms with Gasteiger partial charge in [0.1, 0.15) is 5.69 Å². The van der Waals surface area contributed by atoms with Crippen molar-refractivity contribution in [3.63, 3.8) is 0 Å². The number of rotatable bonds is 3. The van der Waals surface area contributed by atoms with Gasteiger partial charge in [0.25, 0.3) is 5.91 Å². The van der Waals surface area contributed by atoms with Gasteiger partial charge < -0.3 is 14.6 Å². The van der Waals surface area contributed by atoms with Crippen LogP contribution < -0.4 is 0 Å². The molecule has 1 saturated heterocycles. The van der Waals surface area contributed by atoms with E-state index in [0.717, 1.165) is 12.8 Å². The maximum absolute atomic E-state index is 12.7. The van der Waals surface area contributed by atoms with Crippen molar-refractivity contribution in [2.45, 2.75) is 26.2 Å². The number of hydrogen-bond donors (Lipinski definition) is 1. The zero-order chi connectivity index (χ0) is 16.1. The number of likely N-dealkylation sites (tertiary alicyclic amines) is 1. The second-order valence-electron chi connectivity index (χ2n) is 6.52. The Morgan fingerprint density at radius 2 is 2.09 bits per heavy atom. The Morgan fingerprint density at radius 1 is 1.36 bits per heavy atom. The van der Waals surface area contributed by atoms with E-state index in [0.29, 0.717) is 24.2 Å². The SMILES string of the molecule is CC(=O)c1cc(C(=O)N2C[C@@H]3CCC[C@@]3(C(=O)O)C2)n(C)c1. The van der Waals surface area contributed by atoms with Gasteiger partial charge in [-0.25, -0.2) is 0 Å². The molecule has 6 nitrogen and oxygen atoms in total. The summed E-state index contributed by atoms with van der Waals surface area (Å²) in [6.45, 7) is 2.22. The predicted octanol–water partition coefficient (Wildman–Crippen LogP) is 1.55. The molecule has 0 spiro atoms. The van der Waals surface area contributed by atoms with Crippen LogP contribution in [0.3, 0.4) is 0 Å². The van der Waals surface area contributed by atoms with E-state index in [2.05, 4.69) is 0 Å². The molecule has 2 aliphatic rings. The van der Waals surface area contributed by atoms with Gasteiger partial charge in [0.05, 0.1) is 5.41 Å². The van der Waals surface area contributed by atoms with Crippen molar-refractivity contribution in [3.05, 3.63) is 23.5 Å². The second-order valence-corrected chi connectivity index (χ2v) is 6.52. The molecule has 3 rings (SSSR count). The first kappa shape index (κ1) is 14.8. The van der Waals surface area contributed by atoms with Crippen LogP contribution in [0, 0.1) is 11.3 Å². The number of carboxylic acids is 1. The van der Waals surface area contributed by atoms with Gasteiger partial charge in [0.2, 0.25) is 0 Å². The van der Waals surface area contributed by atoms with Crippen LogP contribution >= 0.6 is 0 Å². The van der Waals surface area contributed by atoms with Crippen molar-refractivity contribution in [1.29, 1.82) is 0 Å². The highest BCUT2D eigenvalue weighted by Gasteiger charge is 2.55. The van der Waals surface area contributed by atoms with Crippen molar-refractivity contribution in [3.8, 4) is 0 Å². The van der Waals surface area contributed by atoms with Gasteiger partial charge in [-0.3, -0.25) is 14.4 Å². The third-order valence-corrected chi connectivity index (χ3v) is 5.21. The molecule has 1 aliphatic heterocycles. The van der Waals surface area contributed by atoms with Crippen molar-refractivity contribution in [2.75, 3.05) is 13.1 Å². The minimum atomic E-state index is -0.790. The van der Waals surface area contributed by atoms with Gasteiger partial charge in [-0.15, -0.1) is 0 Å². The molecule has 1 saturated carbocycles. The maximum atomic E-state index is 12.7. The van der Waals surface area contributed by atoms with Crippen LogP contribution in [-0.2, 0) is 11.8 Å². The molecule has 0 unspecified atom stereocenters. The first-order chi connectivity index (χ1) is 10.3. The summed E-state index contributed by atoms with van der Waals surface area (Å²) in [6.07, 6.45) is 4.06. The molecule has 1 aromatic heterocycles. The number of nitrogens with zero attached hydrogens (tertiary/aromatic N) is 2. The Balaban J connectivity index is 1.86. The molecule has 0 radical (unpaired) electrons. The molecular formula is C16H20N2O4. The lowest BCUT2D eigenvalue weighted by atomic mass is 9.81. The largest absolute Gasteiger partial charge is 0.481 e. The summed E-state index contributed by atoms with van der Waals surface area (Å²) in [5.74, 6) is -1.02. The molecule has 0 aromatic carbocycles. The number of hydrogen-bond acceptors (Lipinski definition) is 3. The molecule has 22 heavy (non-hydrogen) atoms. The van der Waals surface area contributed by atoms with E-state index in [1.165, 1.54) is 6.92 Å². The Morgan fingerprint density at radius 3 is 2.64 bits per heavy atom. The van der Waals surface area contributed by atoms with Crippen LogP contribution in [0.2, 0.25) is 0 Å². The van der Waals surface area contributed by atoms with Crippen molar-refractivity contribution >= 4 is 17.7 Å². The van der Waals surface area contributed by atoms with Crippen molar-refractivity contribution in [1.82, 2.24) is 9.47 Å². The number of aromatic nitrogens is 1. The van der Waals surface area contributed by atoms with E-state index in [9.17, 15) is 19.5 Å². The zero-order valence-corrected chi connectivity index (χ0v) is 12.8. The minimum Gasteiger partial charge on any atom is -0.481 e. The summed E-state index contributed by atoms with van der Waals surface area (Å²) in [4.78, 5) is 37.5. The highest BCUT2D eigenvalue weighted by atomic mass is 16.4. The monoisotopic (exact) mass is 304 g/mol. The van der Waals surface area contributed by atoms with Crippen LogP contribution in [0.1, 0.15) is 47.0 Å². The Kier molecular flexibility index (Phi) is 3.34. The third kappa shape index (κ3) is 2.05. The van der Waals surface area contributed by atoms with E-state index in [4.69, 9.17) is 0 Å². The van der Waals surface area contributed by atoms with Gasteiger partial charge in [-0.2, -0.15) is 0 Å². The van der Waals surface area contributed by atoms with Crippen LogP contribution in [0.4, 0.5) is 0 Å². The molecule has 6 heteroatoms. The quantitative estimate of drug-likeness (QED) is 0.859. The average Bonchev–Trinajstić information content (AvgIpc) is 3.08. The second kappa shape index (κ2) is 4.97. The summed E-state index contributed by atoms with van der Waals surface area (Å²) in [5, 5.41) is 9.59. The van der Waals surface area contributed by atoms with E-state index in [1.54, 1.807) is 28.8 Å². The van der Waals surface area contributed by atoms with Gasteiger partial charge >= 0.3 is 5.97 Å². The summed E-state index contributed by atoms with van der Waals surface area (Å²) in [5.41, 5.74) is 0.161. The molecule has 0 bridgehead atoms. The fourth-order valence-corrected chi connectivity index (χ4v) is 3.93. The van der Waals surface area contributed by atoms with Crippen LogP contribution in [-0.4, -0.2) is 45.3 Å². The number of aryl methyl sites for hydroxylation is 1. The molecule has 2 atom stereocenters. The highest BCUT2D eigenvalue weighted by Crippen LogP contribution is 2.49. The van der Waals surface area contributed by atoms with Gasteiger partial charge in [-0.05, 0) is 31.7 Å². The van der Waals surface area contributed by atoms with Crippen molar-refractivity contribution in [2.24, 2.45) is 18.4 Å². The minimum absolute atomic E-state index is 0.0431. The molecule has 1 aromatic rings. The fourth-order valence-electron chi connectivity index (χ4n) is 3.93. The summed E-state index contributed by atoms with van der Waals surface area (Å²) in [7, 11) is 1.73. The van der Waals surface area contributed by atoms with Crippen LogP contribution in [0.5, 0.6) is 0 Å². The lowest BCUT2D eigenvalue weighted by Crippen LogP contribution is -2.37. The zero-order valence-electron chi connectivity index (χ0n) is 12.8. The van der Waals surface area contributed by atoms with Gasteiger partial charge in [-0.1, -0.05) is 6.42 Å². The number of aliphatic carboxylic acids is 1. The number of carbonyl (C=O) groups is 3. The Labute approximate surface area is 128 Å². The molecule has 2 fully saturated rings. The smallest absolute Gasteiger partial charge is 0.311 e. The topological polar surface area (TPSA) is 79.6 Å². The first-order valence-electron chi connectivity index (χ1n) is 7.55. The number of carbonyl (C=O) groups excluding carboxylic acids is 2. The highest BCUT2D eigenvalue weighted by molar-refractivity contribution is 5.99. The number of Topliss-reactive ketones (excluding diaryl/α,β-unsaturated/α-hetero) is 1. The number of ketones is 1. The first-order valence-corrected chi connectivity index (χ1v) is 7.55.